The van der Waals surface area contributed by atoms with Gasteiger partial charge in [-0.25, -0.2) is 0 Å². The minimum absolute atomic E-state index is 0.0825. The number of hydrogen-bond acceptors (Lipinski definition) is 5. The third-order valence-electron chi connectivity index (χ3n) is 4.98. The molecule has 1 amide bonds. The maximum absolute atomic E-state index is 12.3. The van der Waals surface area contributed by atoms with Gasteiger partial charge in [0.05, 0.1) is 20.0 Å². The van der Waals surface area contributed by atoms with Gasteiger partial charge in [-0.15, -0.1) is 11.8 Å². The van der Waals surface area contributed by atoms with Gasteiger partial charge in [-0.05, 0) is 63.0 Å². The van der Waals surface area contributed by atoms with Gasteiger partial charge < -0.3 is 19.3 Å². The van der Waals surface area contributed by atoms with Crippen LogP contribution in [0.15, 0.2) is 18.2 Å². The minimum Gasteiger partial charge on any atom is -0.493 e. The summed E-state index contributed by atoms with van der Waals surface area (Å²) in [6.45, 7) is 4.48. The van der Waals surface area contributed by atoms with Crippen molar-refractivity contribution in [2.45, 2.75) is 31.1 Å². The molecule has 2 aliphatic rings. The average molecular weight is 365 g/mol. The van der Waals surface area contributed by atoms with E-state index in [2.05, 4.69) is 4.90 Å². The van der Waals surface area contributed by atoms with Crippen molar-refractivity contribution in [1.29, 1.82) is 0 Å². The lowest BCUT2D eigenvalue weighted by atomic mass is 10.1. The van der Waals surface area contributed by atoms with Crippen LogP contribution in [0.3, 0.4) is 0 Å². The van der Waals surface area contributed by atoms with Crippen LogP contribution < -0.4 is 9.47 Å². The first kappa shape index (κ1) is 18.4. The number of likely N-dealkylation sites (tertiary alicyclic amines) is 1. The van der Waals surface area contributed by atoms with Crippen LogP contribution in [0, 0.1) is 0 Å². The monoisotopic (exact) mass is 364 g/mol. The molecule has 1 unspecified atom stereocenters. The highest BCUT2D eigenvalue weighted by molar-refractivity contribution is 8.00. The first-order chi connectivity index (χ1) is 12.2. The Morgan fingerprint density at radius 3 is 2.52 bits per heavy atom. The fraction of sp³-hybridized carbons (Fsp3) is 0.632. The lowest BCUT2D eigenvalue weighted by Crippen LogP contribution is -2.30. The van der Waals surface area contributed by atoms with Gasteiger partial charge in [0.25, 0.3) is 0 Å². The molecule has 3 rings (SSSR count). The Morgan fingerprint density at radius 2 is 1.80 bits per heavy atom. The summed E-state index contributed by atoms with van der Waals surface area (Å²) in [5, 5.41) is 0.0825. The van der Waals surface area contributed by atoms with Crippen molar-refractivity contribution in [3.05, 3.63) is 23.8 Å². The largest absolute Gasteiger partial charge is 0.493 e. The number of amides is 1. The molecule has 0 aliphatic carbocycles. The molecular weight excluding hydrogens is 336 g/mol. The third-order valence-corrected chi connectivity index (χ3v) is 6.24. The Morgan fingerprint density at radius 1 is 1.08 bits per heavy atom. The Kier molecular flexibility index (Phi) is 6.48. The van der Waals surface area contributed by atoms with Gasteiger partial charge in [-0.1, -0.05) is 6.07 Å². The van der Waals surface area contributed by atoms with E-state index in [1.54, 1.807) is 26.0 Å². The Hall–Kier alpha value is -1.40. The molecule has 0 N–H and O–H groups in total. The minimum atomic E-state index is 0.0825. The van der Waals surface area contributed by atoms with Crippen LogP contribution in [0.4, 0.5) is 0 Å². The standard InChI is InChI=1S/C19H28N2O3S/c1-23-16-8-7-15(13-17(16)24-2)19-21(18(22)14-25-19)12-6-5-11-20-9-3-4-10-20/h7-8,13,19H,3-6,9-12,14H2,1-2H3. The summed E-state index contributed by atoms with van der Waals surface area (Å²) in [6, 6.07) is 5.95. The Labute approximate surface area is 154 Å². The second kappa shape index (κ2) is 8.81. The van der Waals surface area contributed by atoms with Gasteiger partial charge in [-0.2, -0.15) is 0 Å². The SMILES string of the molecule is COc1ccc(C2SCC(=O)N2CCCCN2CCCC2)cc1OC. The van der Waals surface area contributed by atoms with Crippen LogP contribution in [-0.2, 0) is 4.79 Å². The van der Waals surface area contributed by atoms with Crippen LogP contribution in [-0.4, -0.2) is 61.9 Å². The van der Waals surface area contributed by atoms with E-state index in [1.165, 1.54) is 25.9 Å². The smallest absolute Gasteiger partial charge is 0.233 e. The molecule has 2 fully saturated rings. The van der Waals surface area contributed by atoms with Crippen LogP contribution in [0.25, 0.3) is 0 Å². The van der Waals surface area contributed by atoms with Gasteiger partial charge >= 0.3 is 0 Å². The Balaban J connectivity index is 1.59. The van der Waals surface area contributed by atoms with Gasteiger partial charge in [0.2, 0.25) is 5.91 Å². The van der Waals surface area contributed by atoms with Crippen molar-refractivity contribution >= 4 is 17.7 Å². The van der Waals surface area contributed by atoms with E-state index in [-0.39, 0.29) is 11.3 Å². The summed E-state index contributed by atoms with van der Waals surface area (Å²) in [5.41, 5.74) is 1.10. The molecule has 2 aliphatic heterocycles. The van der Waals surface area contributed by atoms with Gasteiger partial charge in [0.15, 0.2) is 11.5 Å². The van der Waals surface area contributed by atoms with Crippen LogP contribution in [0.2, 0.25) is 0 Å². The number of benzene rings is 1. The van der Waals surface area contributed by atoms with Crippen molar-refractivity contribution in [1.82, 2.24) is 9.80 Å². The van der Waals surface area contributed by atoms with E-state index in [9.17, 15) is 4.79 Å². The fourth-order valence-corrected chi connectivity index (χ4v) is 4.81. The quantitative estimate of drug-likeness (QED) is 0.663. The molecular formula is C19H28N2O3S. The molecule has 5 nitrogen and oxygen atoms in total. The predicted octanol–water partition coefficient (Wildman–Crippen LogP) is 3.15. The summed E-state index contributed by atoms with van der Waals surface area (Å²) in [5.74, 6) is 2.24. The molecule has 1 aromatic carbocycles. The van der Waals surface area contributed by atoms with E-state index in [0.717, 1.165) is 37.2 Å². The van der Waals surface area contributed by atoms with Crippen LogP contribution in [0.5, 0.6) is 11.5 Å². The summed E-state index contributed by atoms with van der Waals surface area (Å²) in [4.78, 5) is 16.9. The number of nitrogens with zero attached hydrogens (tertiary/aromatic N) is 2. The van der Waals surface area contributed by atoms with Crippen molar-refractivity contribution in [2.75, 3.05) is 46.2 Å². The number of hydrogen-bond donors (Lipinski definition) is 0. The highest BCUT2D eigenvalue weighted by atomic mass is 32.2. The van der Waals surface area contributed by atoms with E-state index in [4.69, 9.17) is 9.47 Å². The van der Waals surface area contributed by atoms with Crippen LogP contribution >= 0.6 is 11.8 Å². The fourth-order valence-electron chi connectivity index (χ4n) is 3.60. The second-order valence-electron chi connectivity index (χ2n) is 6.62. The normalized spacial score (nSPS) is 21.1. The van der Waals surface area contributed by atoms with Crippen molar-refractivity contribution in [2.24, 2.45) is 0 Å². The second-order valence-corrected chi connectivity index (χ2v) is 7.69. The van der Waals surface area contributed by atoms with Crippen LogP contribution in [0.1, 0.15) is 36.6 Å². The van der Waals surface area contributed by atoms with Crippen molar-refractivity contribution in [3.8, 4) is 11.5 Å². The predicted molar refractivity (Wildman–Crippen MR) is 101 cm³/mol. The van der Waals surface area contributed by atoms with E-state index >= 15 is 0 Å². The number of ether oxygens (including phenoxy) is 2. The third kappa shape index (κ3) is 4.42. The summed E-state index contributed by atoms with van der Waals surface area (Å²) >= 11 is 1.70. The number of unbranched alkanes of at least 4 members (excludes halogenated alkanes) is 1. The maximum atomic E-state index is 12.3. The van der Waals surface area contributed by atoms with Gasteiger partial charge in [0.1, 0.15) is 5.37 Å². The zero-order chi connectivity index (χ0) is 17.6. The van der Waals surface area contributed by atoms with Crippen molar-refractivity contribution < 1.29 is 14.3 Å². The van der Waals surface area contributed by atoms with E-state index in [1.807, 2.05) is 23.1 Å². The molecule has 0 aromatic heterocycles. The first-order valence-corrected chi connectivity index (χ1v) is 10.1. The zero-order valence-electron chi connectivity index (χ0n) is 15.2. The molecule has 0 bridgehead atoms. The molecule has 0 spiro atoms. The molecule has 6 heteroatoms. The summed E-state index contributed by atoms with van der Waals surface area (Å²) in [7, 11) is 3.28. The van der Waals surface area contributed by atoms with E-state index in [0.29, 0.717) is 11.5 Å². The van der Waals surface area contributed by atoms with E-state index < -0.39 is 0 Å². The molecule has 25 heavy (non-hydrogen) atoms. The molecule has 1 atom stereocenters. The summed E-state index contributed by atoms with van der Waals surface area (Å²) in [6.07, 6.45) is 4.89. The van der Waals surface area contributed by atoms with Gasteiger partial charge in [-0.3, -0.25) is 4.79 Å². The van der Waals surface area contributed by atoms with Gasteiger partial charge in [0, 0.05) is 6.54 Å². The number of thioether (sulfide) groups is 1. The zero-order valence-corrected chi connectivity index (χ0v) is 16.0. The van der Waals surface area contributed by atoms with Crippen molar-refractivity contribution in [3.63, 3.8) is 0 Å². The average Bonchev–Trinajstić information content (AvgIpc) is 3.28. The molecule has 2 heterocycles. The summed E-state index contributed by atoms with van der Waals surface area (Å²) < 4.78 is 10.7. The first-order valence-electron chi connectivity index (χ1n) is 9.08. The number of carbonyl (C=O) groups excluding carboxylic acids is 1. The lowest BCUT2D eigenvalue weighted by molar-refractivity contribution is -0.128. The highest BCUT2D eigenvalue weighted by Crippen LogP contribution is 2.41. The highest BCUT2D eigenvalue weighted by Gasteiger charge is 2.32. The molecule has 1 aromatic rings. The lowest BCUT2D eigenvalue weighted by Gasteiger charge is -2.25. The Bertz CT molecular complexity index is 590. The number of carbonyl (C=O) groups is 1. The maximum Gasteiger partial charge on any atom is 0.233 e. The molecule has 2 saturated heterocycles. The number of rotatable bonds is 8. The number of methoxy groups -OCH3 is 2. The topological polar surface area (TPSA) is 42.0 Å². The molecule has 138 valence electrons. The molecule has 0 radical (unpaired) electrons. The molecule has 0 saturated carbocycles.